The van der Waals surface area contributed by atoms with Crippen LogP contribution in [0, 0.1) is 15.9 Å². The molecular weight excluding hydrogens is 557 g/mol. The second kappa shape index (κ2) is 11.2. The third-order valence-corrected chi connectivity index (χ3v) is 5.60. The number of anilines is 2. The molecule has 0 aliphatic carbocycles. The minimum Gasteiger partial charge on any atom is -0.390 e. The average molecular weight is 576 g/mol. The first kappa shape index (κ1) is 26.0. The van der Waals surface area contributed by atoms with E-state index < -0.39 is 20.8 Å². The molecule has 0 aliphatic heterocycles. The highest BCUT2D eigenvalue weighted by atomic mass is 79.9. The Kier molecular flexibility index (Phi) is 8.30. The number of sulfonamides is 1. The summed E-state index contributed by atoms with van der Waals surface area (Å²) >= 11 is 3.10. The number of nitrogens with one attached hydrogen (secondary N) is 3. The zero-order valence-electron chi connectivity index (χ0n) is 18.2. The van der Waals surface area contributed by atoms with E-state index in [1.165, 1.54) is 36.0 Å². The van der Waals surface area contributed by atoms with Gasteiger partial charge in [0.2, 0.25) is 21.7 Å². The van der Waals surface area contributed by atoms with Crippen molar-refractivity contribution in [1.29, 1.82) is 0 Å². The van der Waals surface area contributed by atoms with Crippen LogP contribution in [0.4, 0.5) is 21.8 Å². The fourth-order valence-electron chi connectivity index (χ4n) is 2.61. The van der Waals surface area contributed by atoms with Crippen LogP contribution >= 0.6 is 15.9 Å². The first-order valence-corrected chi connectivity index (χ1v) is 12.3. The Morgan fingerprint density at radius 3 is 2.80 bits per heavy atom. The van der Waals surface area contributed by atoms with Crippen LogP contribution in [0.1, 0.15) is 11.4 Å². The lowest BCUT2D eigenvalue weighted by molar-refractivity contribution is -0.396. The van der Waals surface area contributed by atoms with Gasteiger partial charge in [-0.1, -0.05) is 10.1 Å². The van der Waals surface area contributed by atoms with Crippen LogP contribution in [0.3, 0.4) is 0 Å². The van der Waals surface area contributed by atoms with Crippen molar-refractivity contribution in [3.63, 3.8) is 0 Å². The summed E-state index contributed by atoms with van der Waals surface area (Å²) in [7, 11) is -1.92. The predicted octanol–water partition coefficient (Wildman–Crippen LogP) is 1.56. The molecule has 0 amide bonds. The van der Waals surface area contributed by atoms with Gasteiger partial charge in [-0.2, -0.15) is 0 Å². The van der Waals surface area contributed by atoms with Gasteiger partial charge in [-0.15, -0.1) is 0 Å². The molecule has 0 bridgehead atoms. The number of nitro groups is 1. The van der Waals surface area contributed by atoms with Crippen molar-refractivity contribution in [1.82, 2.24) is 24.6 Å². The predicted molar refractivity (Wildman–Crippen MR) is 125 cm³/mol. The molecule has 2 heterocycles. The van der Waals surface area contributed by atoms with Crippen molar-refractivity contribution in [2.45, 2.75) is 6.61 Å². The largest absolute Gasteiger partial charge is 0.434 e. The van der Waals surface area contributed by atoms with Crippen molar-refractivity contribution in [2.24, 2.45) is 12.2 Å². The maximum atomic E-state index is 13.6. The third kappa shape index (κ3) is 7.17. The van der Waals surface area contributed by atoms with E-state index in [1.807, 2.05) is 0 Å². The molecule has 0 aliphatic rings. The zero-order valence-corrected chi connectivity index (χ0v) is 20.6. The molecule has 3 aromatic rings. The maximum absolute atomic E-state index is 13.6. The second-order valence-corrected chi connectivity index (χ2v) is 9.57. The number of aromatic nitrogens is 4. The van der Waals surface area contributed by atoms with Gasteiger partial charge in [-0.05, 0) is 49.4 Å². The SMILES string of the molecule is Cn1c(CO/N=C(\Nc2ccc(F)c(Br)c2)c2nonc2NCCNS(C)(=O)=O)cnc1[N+](=O)[O-]. The third-order valence-electron chi connectivity index (χ3n) is 4.27. The molecule has 0 saturated heterocycles. The van der Waals surface area contributed by atoms with Crippen LogP contribution in [0.25, 0.3) is 0 Å². The standard InChI is InChI=1S/C17H19BrFN9O6S/c1-27-11(8-21-17(27)28(29)30)9-33-25-16(23-10-3-4-13(19)12(18)7-10)14-15(26-34-24-14)20-5-6-22-35(2,31)32/h3-4,7-8,22H,5-6,9H2,1-2H3,(H,20,26)(H,23,25). The molecule has 0 spiro atoms. The topological polar surface area (TPSA) is 192 Å². The van der Waals surface area contributed by atoms with E-state index >= 15 is 0 Å². The number of hydrogen-bond acceptors (Lipinski definition) is 11. The number of imidazole rings is 1. The molecular formula is C17H19BrFN9O6S. The van der Waals surface area contributed by atoms with Crippen molar-refractivity contribution in [2.75, 3.05) is 30.0 Å². The minimum atomic E-state index is -3.38. The summed E-state index contributed by atoms with van der Waals surface area (Å²) < 4.78 is 44.6. The van der Waals surface area contributed by atoms with Gasteiger partial charge >= 0.3 is 5.95 Å². The molecule has 0 fully saturated rings. The van der Waals surface area contributed by atoms with Crippen LogP contribution in [0.5, 0.6) is 0 Å². The lowest BCUT2D eigenvalue weighted by atomic mass is 10.3. The molecule has 0 saturated carbocycles. The fraction of sp³-hybridized carbons (Fsp3) is 0.294. The molecule has 0 unspecified atom stereocenters. The Bertz CT molecular complexity index is 1340. The van der Waals surface area contributed by atoms with Crippen molar-refractivity contribution in [3.8, 4) is 0 Å². The molecule has 3 rings (SSSR count). The van der Waals surface area contributed by atoms with Crippen LogP contribution < -0.4 is 15.4 Å². The first-order chi connectivity index (χ1) is 16.5. The van der Waals surface area contributed by atoms with E-state index in [4.69, 9.17) is 9.47 Å². The zero-order chi connectivity index (χ0) is 25.6. The van der Waals surface area contributed by atoms with Crippen LogP contribution in [0.15, 0.2) is 38.7 Å². The summed E-state index contributed by atoms with van der Waals surface area (Å²) in [4.78, 5) is 19.4. The minimum absolute atomic E-state index is 0.00000140. The van der Waals surface area contributed by atoms with Crippen LogP contribution in [-0.2, 0) is 28.5 Å². The number of nitrogens with zero attached hydrogens (tertiary/aromatic N) is 6. The van der Waals surface area contributed by atoms with Gasteiger partial charge in [0, 0.05) is 18.8 Å². The number of hydrogen-bond donors (Lipinski definition) is 3. The summed E-state index contributed by atoms with van der Waals surface area (Å²) in [5.74, 6) is -0.726. The van der Waals surface area contributed by atoms with Gasteiger partial charge in [0.05, 0.1) is 17.8 Å². The van der Waals surface area contributed by atoms with Gasteiger partial charge in [0.25, 0.3) is 0 Å². The second-order valence-electron chi connectivity index (χ2n) is 6.89. The van der Waals surface area contributed by atoms with E-state index in [0.717, 1.165) is 6.26 Å². The van der Waals surface area contributed by atoms with Crippen molar-refractivity contribution >= 4 is 49.2 Å². The van der Waals surface area contributed by atoms with Gasteiger partial charge in [0.1, 0.15) is 12.0 Å². The van der Waals surface area contributed by atoms with Crippen molar-refractivity contribution < 1.29 is 27.2 Å². The summed E-state index contributed by atoms with van der Waals surface area (Å²) in [6.07, 6.45) is 2.30. The van der Waals surface area contributed by atoms with Crippen LogP contribution in [-0.4, -0.2) is 58.4 Å². The van der Waals surface area contributed by atoms with Crippen LogP contribution in [0.2, 0.25) is 0 Å². The van der Waals surface area contributed by atoms with Gasteiger partial charge in [0.15, 0.2) is 18.0 Å². The van der Waals surface area contributed by atoms with Crippen molar-refractivity contribution in [3.05, 3.63) is 56.2 Å². The Balaban J connectivity index is 1.81. The highest BCUT2D eigenvalue weighted by Gasteiger charge is 2.20. The Morgan fingerprint density at radius 2 is 2.14 bits per heavy atom. The van der Waals surface area contributed by atoms with Gasteiger partial charge in [-0.3, -0.25) is 0 Å². The van der Waals surface area contributed by atoms with E-state index in [-0.39, 0.29) is 47.5 Å². The molecule has 1 aromatic carbocycles. The molecule has 188 valence electrons. The lowest BCUT2D eigenvalue weighted by Gasteiger charge is -2.10. The quantitative estimate of drug-likeness (QED) is 0.0987. The average Bonchev–Trinajstić information content (AvgIpc) is 3.39. The maximum Gasteiger partial charge on any atom is 0.434 e. The fourth-order valence-corrected chi connectivity index (χ4v) is 3.47. The molecule has 0 atom stereocenters. The molecule has 18 heteroatoms. The normalized spacial score (nSPS) is 11.9. The van der Waals surface area contributed by atoms with Gasteiger partial charge < -0.3 is 25.6 Å². The Morgan fingerprint density at radius 1 is 1.37 bits per heavy atom. The van der Waals surface area contributed by atoms with Gasteiger partial charge in [-0.25, -0.2) is 26.7 Å². The summed E-state index contributed by atoms with van der Waals surface area (Å²) in [6.45, 7) is 0.0247. The summed E-state index contributed by atoms with van der Waals surface area (Å²) in [6, 6.07) is 4.11. The molecule has 15 nitrogen and oxygen atoms in total. The number of halogens is 2. The molecule has 3 N–H and O–H groups in total. The molecule has 0 radical (unpaired) electrons. The number of benzene rings is 1. The number of rotatable bonds is 11. The van der Waals surface area contributed by atoms with E-state index in [0.29, 0.717) is 11.4 Å². The summed E-state index contributed by atoms with van der Waals surface area (Å²) in [5, 5.41) is 28.3. The molecule has 35 heavy (non-hydrogen) atoms. The molecule has 2 aromatic heterocycles. The first-order valence-electron chi connectivity index (χ1n) is 9.63. The number of amidine groups is 1. The monoisotopic (exact) mass is 575 g/mol. The van der Waals surface area contributed by atoms with E-state index in [1.54, 1.807) is 0 Å². The lowest BCUT2D eigenvalue weighted by Crippen LogP contribution is -2.28. The highest BCUT2D eigenvalue weighted by molar-refractivity contribution is 9.10. The Hall–Kier alpha value is -3.64. The highest BCUT2D eigenvalue weighted by Crippen LogP contribution is 2.22. The number of oxime groups is 1. The Labute approximate surface area is 206 Å². The van der Waals surface area contributed by atoms with E-state index in [2.05, 4.69) is 51.7 Å². The summed E-state index contributed by atoms with van der Waals surface area (Å²) in [5.41, 5.74) is 0.845. The van der Waals surface area contributed by atoms with E-state index in [9.17, 15) is 22.9 Å². The smallest absolute Gasteiger partial charge is 0.390 e.